The van der Waals surface area contributed by atoms with Gasteiger partial charge in [0.1, 0.15) is 11.6 Å². The third-order valence-corrected chi connectivity index (χ3v) is 2.41. The van der Waals surface area contributed by atoms with Gasteiger partial charge in [-0.1, -0.05) is 6.07 Å². The zero-order valence-corrected chi connectivity index (χ0v) is 10.7. The van der Waals surface area contributed by atoms with E-state index in [1.165, 1.54) is 6.07 Å². The first kappa shape index (κ1) is 13.7. The average molecular weight is 277 g/mol. The van der Waals surface area contributed by atoms with Gasteiger partial charge >= 0.3 is 5.69 Å². The molecule has 0 radical (unpaired) electrons. The van der Waals surface area contributed by atoms with Crippen LogP contribution in [-0.2, 0) is 0 Å². The van der Waals surface area contributed by atoms with Crippen LogP contribution < -0.4 is 10.1 Å². The van der Waals surface area contributed by atoms with Gasteiger partial charge in [-0.3, -0.25) is 10.1 Å². The molecule has 0 fully saturated rings. The van der Waals surface area contributed by atoms with Crippen molar-refractivity contribution in [3.05, 3.63) is 52.3 Å². The molecule has 0 saturated carbocycles. The van der Waals surface area contributed by atoms with Crippen molar-refractivity contribution in [2.45, 2.75) is 6.92 Å². The van der Waals surface area contributed by atoms with Crippen molar-refractivity contribution in [2.75, 3.05) is 11.9 Å². The molecule has 0 aliphatic rings. The Hall–Kier alpha value is -2.70. The fourth-order valence-corrected chi connectivity index (χ4v) is 1.58. The molecule has 6 nitrogen and oxygen atoms in total. The summed E-state index contributed by atoms with van der Waals surface area (Å²) in [5.74, 6) is 0.0314. The van der Waals surface area contributed by atoms with Gasteiger partial charge in [0.05, 0.1) is 11.0 Å². The zero-order valence-electron chi connectivity index (χ0n) is 10.7. The molecule has 0 amide bonds. The molecule has 1 aromatic heterocycles. The summed E-state index contributed by atoms with van der Waals surface area (Å²) in [5.41, 5.74) is -0.444. The molecule has 0 spiro atoms. The number of hydrogen-bond donors (Lipinski definition) is 1. The number of nitro benzene ring substituents is 1. The second kappa shape index (κ2) is 5.96. The van der Waals surface area contributed by atoms with Crippen LogP contribution in [0.25, 0.3) is 0 Å². The topological polar surface area (TPSA) is 77.3 Å². The molecule has 0 atom stereocenters. The van der Waals surface area contributed by atoms with Crippen molar-refractivity contribution in [1.82, 2.24) is 4.98 Å². The Kier molecular flexibility index (Phi) is 4.09. The second-order valence-corrected chi connectivity index (χ2v) is 3.86. The molecule has 104 valence electrons. The van der Waals surface area contributed by atoms with Gasteiger partial charge in [0, 0.05) is 12.6 Å². The standard InChI is InChI=1S/C13H12FN3O3/c1-2-15-12-4-3-5-13(16-12)20-11-7-6-9(14)8-10(11)17(18)19/h3-8H,2H2,1H3,(H,15,16). The van der Waals surface area contributed by atoms with Crippen molar-refractivity contribution in [3.8, 4) is 11.6 Å². The predicted molar refractivity (Wildman–Crippen MR) is 71.5 cm³/mol. The minimum Gasteiger partial charge on any atom is -0.432 e. The zero-order chi connectivity index (χ0) is 14.5. The maximum absolute atomic E-state index is 13.0. The molecular formula is C13H12FN3O3. The van der Waals surface area contributed by atoms with Crippen LogP contribution in [0.3, 0.4) is 0 Å². The van der Waals surface area contributed by atoms with Crippen LogP contribution in [0, 0.1) is 15.9 Å². The second-order valence-electron chi connectivity index (χ2n) is 3.86. The molecule has 0 saturated heterocycles. The molecule has 1 N–H and O–H groups in total. The molecule has 0 bridgehead atoms. The molecule has 1 aromatic carbocycles. The molecular weight excluding hydrogens is 265 g/mol. The van der Waals surface area contributed by atoms with Crippen molar-refractivity contribution in [2.24, 2.45) is 0 Å². The van der Waals surface area contributed by atoms with Crippen LogP contribution in [0.1, 0.15) is 6.92 Å². The number of nitrogens with one attached hydrogen (secondary N) is 1. The molecule has 7 heteroatoms. The highest BCUT2D eigenvalue weighted by atomic mass is 19.1. The number of nitrogens with zero attached hydrogens (tertiary/aromatic N) is 2. The SMILES string of the molecule is CCNc1cccc(Oc2ccc(F)cc2[N+](=O)[O-])n1. The summed E-state index contributed by atoms with van der Waals surface area (Å²) in [5, 5.41) is 13.9. The van der Waals surface area contributed by atoms with E-state index in [1.807, 2.05) is 6.92 Å². The number of anilines is 1. The van der Waals surface area contributed by atoms with E-state index in [9.17, 15) is 14.5 Å². The maximum atomic E-state index is 13.0. The van der Waals surface area contributed by atoms with Crippen LogP contribution in [0.15, 0.2) is 36.4 Å². The van der Waals surface area contributed by atoms with E-state index in [0.717, 1.165) is 12.1 Å². The Balaban J connectivity index is 2.30. The number of nitro groups is 1. The van der Waals surface area contributed by atoms with Crippen molar-refractivity contribution >= 4 is 11.5 Å². The summed E-state index contributed by atoms with van der Waals surface area (Å²) in [7, 11) is 0. The van der Waals surface area contributed by atoms with Gasteiger partial charge in [-0.2, -0.15) is 4.98 Å². The lowest BCUT2D eigenvalue weighted by Gasteiger charge is -2.07. The van der Waals surface area contributed by atoms with Crippen molar-refractivity contribution in [3.63, 3.8) is 0 Å². The number of halogens is 1. The molecule has 0 unspecified atom stereocenters. The average Bonchev–Trinajstić information content (AvgIpc) is 2.41. The predicted octanol–water partition coefficient (Wildman–Crippen LogP) is 3.35. The first-order chi connectivity index (χ1) is 9.60. The Bertz CT molecular complexity index is 634. The summed E-state index contributed by atoms with van der Waals surface area (Å²) in [6, 6.07) is 8.12. The Morgan fingerprint density at radius 3 is 2.90 bits per heavy atom. The van der Waals surface area contributed by atoms with E-state index in [4.69, 9.17) is 4.74 Å². The molecule has 1 heterocycles. The highest BCUT2D eigenvalue weighted by molar-refractivity contribution is 5.48. The van der Waals surface area contributed by atoms with Crippen LogP contribution in [-0.4, -0.2) is 16.5 Å². The number of pyridine rings is 1. The molecule has 20 heavy (non-hydrogen) atoms. The number of ether oxygens (including phenoxy) is 1. The van der Waals surface area contributed by atoms with E-state index in [2.05, 4.69) is 10.3 Å². The molecule has 2 rings (SSSR count). The summed E-state index contributed by atoms with van der Waals surface area (Å²) >= 11 is 0. The Morgan fingerprint density at radius 2 is 2.20 bits per heavy atom. The summed E-state index contributed by atoms with van der Waals surface area (Å²) in [6.07, 6.45) is 0. The van der Waals surface area contributed by atoms with Crippen molar-refractivity contribution < 1.29 is 14.1 Å². The fourth-order valence-electron chi connectivity index (χ4n) is 1.58. The lowest BCUT2D eigenvalue weighted by atomic mass is 10.3. The van der Waals surface area contributed by atoms with Gasteiger partial charge in [-0.05, 0) is 25.1 Å². The lowest BCUT2D eigenvalue weighted by Crippen LogP contribution is -2.00. The normalized spacial score (nSPS) is 10.1. The number of benzene rings is 1. The maximum Gasteiger partial charge on any atom is 0.314 e. The van der Waals surface area contributed by atoms with Crippen LogP contribution in [0.4, 0.5) is 15.9 Å². The highest BCUT2D eigenvalue weighted by Gasteiger charge is 2.17. The Morgan fingerprint density at radius 1 is 1.40 bits per heavy atom. The van der Waals surface area contributed by atoms with Gasteiger partial charge in [0.15, 0.2) is 0 Å². The third kappa shape index (κ3) is 3.19. The quantitative estimate of drug-likeness (QED) is 0.669. The highest BCUT2D eigenvalue weighted by Crippen LogP contribution is 2.31. The van der Waals surface area contributed by atoms with E-state index < -0.39 is 16.4 Å². The minimum absolute atomic E-state index is 0.0578. The summed E-state index contributed by atoms with van der Waals surface area (Å²) in [6.45, 7) is 2.60. The summed E-state index contributed by atoms with van der Waals surface area (Å²) < 4.78 is 18.4. The van der Waals surface area contributed by atoms with Gasteiger partial charge in [-0.15, -0.1) is 0 Å². The van der Waals surface area contributed by atoms with Gasteiger partial charge < -0.3 is 10.1 Å². The monoisotopic (exact) mass is 277 g/mol. The molecule has 0 aliphatic carbocycles. The van der Waals surface area contributed by atoms with Gasteiger partial charge in [0.25, 0.3) is 0 Å². The first-order valence-electron chi connectivity index (χ1n) is 5.93. The number of rotatable bonds is 5. The third-order valence-electron chi connectivity index (χ3n) is 2.41. The minimum atomic E-state index is -0.702. The molecule has 0 aliphatic heterocycles. The summed E-state index contributed by atoms with van der Waals surface area (Å²) in [4.78, 5) is 14.3. The van der Waals surface area contributed by atoms with Crippen molar-refractivity contribution in [1.29, 1.82) is 0 Å². The van der Waals surface area contributed by atoms with Crippen LogP contribution >= 0.6 is 0 Å². The lowest BCUT2D eigenvalue weighted by molar-refractivity contribution is -0.385. The Labute approximate surface area is 114 Å². The van der Waals surface area contributed by atoms with Crippen LogP contribution in [0.2, 0.25) is 0 Å². The van der Waals surface area contributed by atoms with E-state index in [0.29, 0.717) is 12.4 Å². The van der Waals surface area contributed by atoms with Crippen LogP contribution in [0.5, 0.6) is 11.6 Å². The van der Waals surface area contributed by atoms with E-state index >= 15 is 0 Å². The smallest absolute Gasteiger partial charge is 0.314 e. The fraction of sp³-hybridized carbons (Fsp3) is 0.154. The van der Waals surface area contributed by atoms with E-state index in [-0.39, 0.29) is 11.6 Å². The number of aromatic nitrogens is 1. The first-order valence-corrected chi connectivity index (χ1v) is 5.93. The largest absolute Gasteiger partial charge is 0.432 e. The van der Waals surface area contributed by atoms with E-state index in [1.54, 1.807) is 18.2 Å². The van der Waals surface area contributed by atoms with Gasteiger partial charge in [-0.25, -0.2) is 4.39 Å². The number of hydrogen-bond acceptors (Lipinski definition) is 5. The molecule has 2 aromatic rings. The van der Waals surface area contributed by atoms with Gasteiger partial charge in [0.2, 0.25) is 11.6 Å².